The zero-order valence-electron chi connectivity index (χ0n) is 15.5. The summed E-state index contributed by atoms with van der Waals surface area (Å²) in [7, 11) is 6.20. The van der Waals surface area contributed by atoms with E-state index in [4.69, 9.17) is 18.9 Å². The molecule has 1 heterocycles. The average molecular weight is 368 g/mol. The third kappa shape index (κ3) is 3.57. The summed E-state index contributed by atoms with van der Waals surface area (Å²) in [5, 5.41) is 2.77. The van der Waals surface area contributed by atoms with Crippen molar-refractivity contribution >= 4 is 17.8 Å². The summed E-state index contributed by atoms with van der Waals surface area (Å²) in [5.74, 6) is 2.34. The van der Waals surface area contributed by atoms with E-state index in [1.165, 1.54) is 0 Å². The molecule has 1 aliphatic rings. The van der Waals surface area contributed by atoms with Gasteiger partial charge < -0.3 is 24.3 Å². The van der Waals surface area contributed by atoms with E-state index < -0.39 is 0 Å². The normalized spacial score (nSPS) is 14.6. The summed E-state index contributed by atoms with van der Waals surface area (Å²) in [6.07, 6.45) is 1.64. The van der Waals surface area contributed by atoms with Crippen LogP contribution in [0, 0.1) is 0 Å². The quantitative estimate of drug-likeness (QED) is 0.793. The van der Waals surface area contributed by atoms with Crippen LogP contribution in [-0.2, 0) is 4.79 Å². The van der Waals surface area contributed by atoms with Gasteiger partial charge in [-0.05, 0) is 24.3 Å². The number of hydrogen-bond acceptors (Lipinski definition) is 6. The number of nitrogens with zero attached hydrogens (tertiary/aromatic N) is 1. The highest BCUT2D eigenvalue weighted by Gasteiger charge is 2.24. The van der Waals surface area contributed by atoms with Crippen LogP contribution in [0.15, 0.2) is 47.1 Å². The summed E-state index contributed by atoms with van der Waals surface area (Å²) >= 11 is 0. The van der Waals surface area contributed by atoms with Crippen LogP contribution in [0.4, 0.5) is 0 Å². The standard InChI is InChI=1S/C20H20N2O5/c1-24-15-8-6-5-7-13(15)19-21-14(20(23)22-19)9-12-10-17(26-3)18(27-4)11-16(12)25-2/h5-11H,1-4H3,(H,21,22,23)/b14-9-. The fourth-order valence-corrected chi connectivity index (χ4v) is 2.75. The number of carbonyl (C=O) groups excluding carboxylic acids is 1. The molecule has 0 saturated carbocycles. The molecule has 3 rings (SSSR count). The molecule has 7 heteroatoms. The van der Waals surface area contributed by atoms with Gasteiger partial charge in [0.1, 0.15) is 23.0 Å². The van der Waals surface area contributed by atoms with Gasteiger partial charge in [0.05, 0.1) is 34.0 Å². The largest absolute Gasteiger partial charge is 0.496 e. The molecule has 7 nitrogen and oxygen atoms in total. The molecule has 27 heavy (non-hydrogen) atoms. The first-order valence-corrected chi connectivity index (χ1v) is 8.16. The number of ether oxygens (including phenoxy) is 4. The van der Waals surface area contributed by atoms with E-state index in [-0.39, 0.29) is 11.6 Å². The number of aliphatic imine (C=N–C) groups is 1. The molecule has 0 atom stereocenters. The summed E-state index contributed by atoms with van der Waals surface area (Å²) in [6, 6.07) is 10.8. The van der Waals surface area contributed by atoms with Crippen LogP contribution in [0.2, 0.25) is 0 Å². The number of hydrogen-bond donors (Lipinski definition) is 1. The van der Waals surface area contributed by atoms with Gasteiger partial charge in [-0.3, -0.25) is 4.79 Å². The first-order chi connectivity index (χ1) is 13.1. The molecule has 2 aromatic carbocycles. The molecule has 0 unspecified atom stereocenters. The van der Waals surface area contributed by atoms with Crippen molar-refractivity contribution in [2.24, 2.45) is 4.99 Å². The van der Waals surface area contributed by atoms with Crippen molar-refractivity contribution in [3.63, 3.8) is 0 Å². The summed E-state index contributed by atoms with van der Waals surface area (Å²) in [6.45, 7) is 0. The van der Waals surface area contributed by atoms with Gasteiger partial charge in [0.2, 0.25) is 0 Å². The molecule has 0 aliphatic carbocycles. The smallest absolute Gasteiger partial charge is 0.275 e. The van der Waals surface area contributed by atoms with Crippen molar-refractivity contribution in [2.45, 2.75) is 0 Å². The van der Waals surface area contributed by atoms with E-state index in [0.717, 1.165) is 0 Å². The van der Waals surface area contributed by atoms with Crippen LogP contribution >= 0.6 is 0 Å². The Balaban J connectivity index is 2.04. The van der Waals surface area contributed by atoms with Gasteiger partial charge in [-0.25, -0.2) is 4.99 Å². The van der Waals surface area contributed by atoms with E-state index in [2.05, 4.69) is 10.3 Å². The van der Waals surface area contributed by atoms with Crippen molar-refractivity contribution in [2.75, 3.05) is 28.4 Å². The molecule has 0 radical (unpaired) electrons. The summed E-state index contributed by atoms with van der Waals surface area (Å²) in [5.41, 5.74) is 1.60. The molecule has 2 aromatic rings. The molecule has 1 aliphatic heterocycles. The Hall–Kier alpha value is -3.48. The number of methoxy groups -OCH3 is 4. The number of amidine groups is 1. The van der Waals surface area contributed by atoms with Gasteiger partial charge in [0.15, 0.2) is 11.5 Å². The van der Waals surface area contributed by atoms with E-state index in [9.17, 15) is 4.79 Å². The van der Waals surface area contributed by atoms with Crippen molar-refractivity contribution in [3.05, 3.63) is 53.2 Å². The van der Waals surface area contributed by atoms with Gasteiger partial charge in [0, 0.05) is 11.6 Å². The van der Waals surface area contributed by atoms with Gasteiger partial charge >= 0.3 is 0 Å². The second kappa shape index (κ2) is 7.82. The minimum absolute atomic E-state index is 0.251. The molecule has 0 fully saturated rings. The number of nitrogens with one attached hydrogen (secondary N) is 1. The van der Waals surface area contributed by atoms with Crippen LogP contribution < -0.4 is 24.3 Å². The van der Waals surface area contributed by atoms with Crippen molar-refractivity contribution < 1.29 is 23.7 Å². The predicted molar refractivity (Wildman–Crippen MR) is 102 cm³/mol. The van der Waals surface area contributed by atoms with Crippen LogP contribution in [-0.4, -0.2) is 40.2 Å². The fourth-order valence-electron chi connectivity index (χ4n) is 2.75. The Labute approximate surface area is 157 Å². The van der Waals surface area contributed by atoms with Crippen molar-refractivity contribution in [3.8, 4) is 23.0 Å². The zero-order chi connectivity index (χ0) is 19.4. The van der Waals surface area contributed by atoms with E-state index in [1.54, 1.807) is 46.6 Å². The molecule has 1 amide bonds. The van der Waals surface area contributed by atoms with Gasteiger partial charge in [0.25, 0.3) is 5.91 Å². The molecular formula is C20H20N2O5. The topological polar surface area (TPSA) is 78.4 Å². The highest BCUT2D eigenvalue weighted by molar-refractivity contribution is 6.20. The van der Waals surface area contributed by atoms with Gasteiger partial charge in [-0.15, -0.1) is 0 Å². The lowest BCUT2D eigenvalue weighted by atomic mass is 10.1. The van der Waals surface area contributed by atoms with Crippen LogP contribution in [0.5, 0.6) is 23.0 Å². The molecule has 0 saturated heterocycles. The lowest BCUT2D eigenvalue weighted by Crippen LogP contribution is -2.25. The maximum absolute atomic E-state index is 12.4. The number of para-hydroxylation sites is 1. The molecule has 1 N–H and O–H groups in total. The lowest BCUT2D eigenvalue weighted by molar-refractivity contribution is -0.115. The molecule has 0 aromatic heterocycles. The maximum atomic E-state index is 12.4. The number of rotatable bonds is 6. The van der Waals surface area contributed by atoms with Gasteiger partial charge in [-0.1, -0.05) is 12.1 Å². The number of carbonyl (C=O) groups is 1. The second-order valence-corrected chi connectivity index (χ2v) is 5.59. The number of amides is 1. The summed E-state index contributed by atoms with van der Waals surface area (Å²) in [4.78, 5) is 16.8. The molecule has 0 spiro atoms. The Morgan fingerprint density at radius 2 is 1.48 bits per heavy atom. The zero-order valence-corrected chi connectivity index (χ0v) is 15.5. The SMILES string of the molecule is COc1cc(OC)c(OC)cc1/C=C1\N=C(c2ccccc2OC)NC1=O. The van der Waals surface area contributed by atoms with E-state index in [1.807, 2.05) is 24.3 Å². The first kappa shape index (κ1) is 18.3. The predicted octanol–water partition coefficient (Wildman–Crippen LogP) is 2.64. The van der Waals surface area contributed by atoms with Crippen molar-refractivity contribution in [1.82, 2.24) is 5.32 Å². The highest BCUT2D eigenvalue weighted by atomic mass is 16.5. The van der Waals surface area contributed by atoms with Gasteiger partial charge in [-0.2, -0.15) is 0 Å². The first-order valence-electron chi connectivity index (χ1n) is 8.16. The van der Waals surface area contributed by atoms with Crippen LogP contribution in [0.3, 0.4) is 0 Å². The molecule has 140 valence electrons. The summed E-state index contributed by atoms with van der Waals surface area (Å²) < 4.78 is 21.3. The average Bonchev–Trinajstić information content (AvgIpc) is 3.07. The van der Waals surface area contributed by atoms with Crippen LogP contribution in [0.25, 0.3) is 6.08 Å². The Morgan fingerprint density at radius 1 is 0.852 bits per heavy atom. The molecular weight excluding hydrogens is 348 g/mol. The van der Waals surface area contributed by atoms with Crippen molar-refractivity contribution in [1.29, 1.82) is 0 Å². The lowest BCUT2D eigenvalue weighted by Gasteiger charge is -2.12. The second-order valence-electron chi connectivity index (χ2n) is 5.59. The van der Waals surface area contributed by atoms with Crippen LogP contribution in [0.1, 0.15) is 11.1 Å². The fraction of sp³-hybridized carbons (Fsp3) is 0.200. The Bertz CT molecular complexity index is 934. The third-order valence-electron chi connectivity index (χ3n) is 4.09. The highest BCUT2D eigenvalue weighted by Crippen LogP contribution is 2.36. The van der Waals surface area contributed by atoms with E-state index in [0.29, 0.717) is 40.0 Å². The Kier molecular flexibility index (Phi) is 5.30. The molecule has 0 bridgehead atoms. The Morgan fingerprint density at radius 3 is 2.15 bits per heavy atom. The monoisotopic (exact) mass is 368 g/mol. The number of benzene rings is 2. The third-order valence-corrected chi connectivity index (χ3v) is 4.09. The minimum atomic E-state index is -0.312. The maximum Gasteiger partial charge on any atom is 0.275 e. The van der Waals surface area contributed by atoms with E-state index >= 15 is 0 Å². The minimum Gasteiger partial charge on any atom is -0.496 e.